The van der Waals surface area contributed by atoms with E-state index in [1.807, 2.05) is 16.8 Å². The summed E-state index contributed by atoms with van der Waals surface area (Å²) >= 11 is 3.38. The van der Waals surface area contributed by atoms with Crippen molar-refractivity contribution in [2.45, 2.75) is 26.9 Å². The Bertz CT molecular complexity index is 563. The third-order valence-electron chi connectivity index (χ3n) is 3.05. The van der Waals surface area contributed by atoms with Gasteiger partial charge in [0.15, 0.2) is 0 Å². The molecule has 1 N–H and O–H groups in total. The zero-order valence-corrected chi connectivity index (χ0v) is 13.5. The van der Waals surface area contributed by atoms with Crippen LogP contribution in [0.1, 0.15) is 25.0 Å². The van der Waals surface area contributed by atoms with E-state index in [1.54, 1.807) is 6.07 Å². The van der Waals surface area contributed by atoms with Crippen LogP contribution in [0.3, 0.4) is 0 Å². The van der Waals surface area contributed by atoms with Gasteiger partial charge >= 0.3 is 0 Å². The number of aromatic nitrogens is 1. The number of rotatable bonds is 6. The van der Waals surface area contributed by atoms with Crippen LogP contribution in [0, 0.1) is 11.7 Å². The smallest absolute Gasteiger partial charge is 0.128 e. The molecule has 0 bridgehead atoms. The number of halogens is 2. The van der Waals surface area contributed by atoms with E-state index < -0.39 is 0 Å². The van der Waals surface area contributed by atoms with E-state index in [1.165, 1.54) is 11.6 Å². The summed E-state index contributed by atoms with van der Waals surface area (Å²) in [7, 11) is 0. The van der Waals surface area contributed by atoms with Crippen molar-refractivity contribution >= 4 is 15.9 Å². The number of hydrogen-bond acceptors (Lipinski definition) is 1. The molecule has 4 heteroatoms. The Kier molecular flexibility index (Phi) is 5.38. The summed E-state index contributed by atoms with van der Waals surface area (Å²) in [4.78, 5) is 0. The van der Waals surface area contributed by atoms with Crippen LogP contribution in [0.25, 0.3) is 0 Å². The van der Waals surface area contributed by atoms with Crippen molar-refractivity contribution in [1.82, 2.24) is 9.88 Å². The Hall–Kier alpha value is -1.13. The molecule has 2 aromatic rings. The number of benzene rings is 1. The minimum Gasteiger partial charge on any atom is -0.349 e. The number of nitrogens with zero attached hydrogens (tertiary/aromatic N) is 1. The molecule has 20 heavy (non-hydrogen) atoms. The van der Waals surface area contributed by atoms with Gasteiger partial charge in [0.05, 0.1) is 0 Å². The highest BCUT2D eigenvalue weighted by atomic mass is 79.9. The van der Waals surface area contributed by atoms with Gasteiger partial charge in [-0.3, -0.25) is 0 Å². The van der Waals surface area contributed by atoms with Crippen molar-refractivity contribution < 1.29 is 4.39 Å². The molecular weight excluding hydrogens is 319 g/mol. The highest BCUT2D eigenvalue weighted by Crippen LogP contribution is 2.17. The summed E-state index contributed by atoms with van der Waals surface area (Å²) in [6, 6.07) is 7.11. The van der Waals surface area contributed by atoms with Crippen LogP contribution in [0.2, 0.25) is 0 Å². The van der Waals surface area contributed by atoms with Crippen LogP contribution >= 0.6 is 15.9 Å². The highest BCUT2D eigenvalue weighted by Gasteiger charge is 2.04. The molecule has 0 aliphatic rings. The first-order valence-electron chi connectivity index (χ1n) is 6.84. The lowest BCUT2D eigenvalue weighted by Gasteiger charge is -2.07. The van der Waals surface area contributed by atoms with Gasteiger partial charge in [0, 0.05) is 35.5 Å². The normalized spacial score (nSPS) is 11.2. The summed E-state index contributed by atoms with van der Waals surface area (Å²) < 4.78 is 16.6. The van der Waals surface area contributed by atoms with Crippen LogP contribution in [0.5, 0.6) is 0 Å². The van der Waals surface area contributed by atoms with E-state index in [0.29, 0.717) is 18.0 Å². The molecule has 1 aromatic carbocycles. The van der Waals surface area contributed by atoms with E-state index >= 15 is 0 Å². The first-order valence-corrected chi connectivity index (χ1v) is 7.63. The van der Waals surface area contributed by atoms with Crippen molar-refractivity contribution in [2.75, 3.05) is 6.54 Å². The molecule has 108 valence electrons. The Balaban J connectivity index is 1.97. The summed E-state index contributed by atoms with van der Waals surface area (Å²) in [5.74, 6) is 0.481. The maximum Gasteiger partial charge on any atom is 0.128 e. The molecule has 1 heterocycles. The third-order valence-corrected chi connectivity index (χ3v) is 3.55. The Morgan fingerprint density at radius 1 is 1.30 bits per heavy atom. The topological polar surface area (TPSA) is 17.0 Å². The molecule has 0 atom stereocenters. The lowest BCUT2D eigenvalue weighted by Crippen LogP contribution is -2.18. The molecular formula is C16H20BrFN2. The summed E-state index contributed by atoms with van der Waals surface area (Å²) in [5.41, 5.74) is 1.91. The largest absolute Gasteiger partial charge is 0.349 e. The van der Waals surface area contributed by atoms with Gasteiger partial charge in [0.1, 0.15) is 5.82 Å². The summed E-state index contributed by atoms with van der Waals surface area (Å²) in [6.07, 6.45) is 4.06. The monoisotopic (exact) mass is 338 g/mol. The Morgan fingerprint density at radius 3 is 2.85 bits per heavy atom. The molecule has 0 aliphatic heterocycles. The van der Waals surface area contributed by atoms with Crippen molar-refractivity contribution in [3.63, 3.8) is 0 Å². The standard InChI is InChI=1S/C16H20BrFN2/c1-12(2)8-19-9-13-5-6-20(10-13)11-14-7-15(17)3-4-16(14)18/h3-7,10,12,19H,8-9,11H2,1-2H3. The quantitative estimate of drug-likeness (QED) is 0.835. The van der Waals surface area contributed by atoms with Gasteiger partial charge in [-0.1, -0.05) is 29.8 Å². The average Bonchev–Trinajstić information content (AvgIpc) is 2.81. The van der Waals surface area contributed by atoms with Crippen molar-refractivity contribution in [2.24, 2.45) is 5.92 Å². The second-order valence-electron chi connectivity index (χ2n) is 5.45. The molecule has 0 amide bonds. The SMILES string of the molecule is CC(C)CNCc1ccn(Cc2cc(Br)ccc2F)c1. The minimum atomic E-state index is -0.165. The highest BCUT2D eigenvalue weighted by molar-refractivity contribution is 9.10. The zero-order chi connectivity index (χ0) is 14.5. The Morgan fingerprint density at radius 2 is 2.10 bits per heavy atom. The molecule has 2 rings (SSSR count). The summed E-state index contributed by atoms with van der Waals surface area (Å²) in [6.45, 7) is 6.79. The van der Waals surface area contributed by atoms with Crippen molar-refractivity contribution in [3.05, 3.63) is 58.1 Å². The lowest BCUT2D eigenvalue weighted by molar-refractivity contribution is 0.552. The predicted octanol–water partition coefficient (Wildman–Crippen LogP) is 4.18. The van der Waals surface area contributed by atoms with Gasteiger partial charge in [-0.15, -0.1) is 0 Å². The second kappa shape index (κ2) is 7.04. The molecule has 1 aromatic heterocycles. The first kappa shape index (κ1) is 15.3. The first-order chi connectivity index (χ1) is 9.54. The van der Waals surface area contributed by atoms with Gasteiger partial charge < -0.3 is 9.88 Å². The summed E-state index contributed by atoms with van der Waals surface area (Å²) in [5, 5.41) is 3.40. The van der Waals surface area contributed by atoms with E-state index in [9.17, 15) is 4.39 Å². The van der Waals surface area contributed by atoms with E-state index in [2.05, 4.69) is 47.4 Å². The van der Waals surface area contributed by atoms with Gasteiger partial charge in [-0.05, 0) is 42.3 Å². The number of nitrogens with one attached hydrogen (secondary N) is 1. The minimum absolute atomic E-state index is 0.165. The van der Waals surface area contributed by atoms with Gasteiger partial charge in [-0.25, -0.2) is 4.39 Å². The fourth-order valence-corrected chi connectivity index (χ4v) is 2.47. The second-order valence-corrected chi connectivity index (χ2v) is 6.37. The fraction of sp³-hybridized carbons (Fsp3) is 0.375. The lowest BCUT2D eigenvalue weighted by atomic mass is 10.2. The molecule has 0 aliphatic carbocycles. The molecule has 0 saturated heterocycles. The molecule has 0 radical (unpaired) electrons. The molecule has 0 spiro atoms. The van der Waals surface area contributed by atoms with Crippen LogP contribution < -0.4 is 5.32 Å². The fourth-order valence-electron chi connectivity index (χ4n) is 2.06. The molecule has 0 fully saturated rings. The van der Waals surface area contributed by atoms with Crippen LogP contribution in [0.4, 0.5) is 4.39 Å². The molecule has 0 unspecified atom stereocenters. The molecule has 0 saturated carbocycles. The number of hydrogen-bond donors (Lipinski definition) is 1. The van der Waals surface area contributed by atoms with E-state index in [-0.39, 0.29) is 5.82 Å². The van der Waals surface area contributed by atoms with Crippen molar-refractivity contribution in [3.8, 4) is 0 Å². The van der Waals surface area contributed by atoms with Gasteiger partial charge in [0.2, 0.25) is 0 Å². The average molecular weight is 339 g/mol. The zero-order valence-electron chi connectivity index (χ0n) is 11.9. The third kappa shape index (κ3) is 4.46. The van der Waals surface area contributed by atoms with Crippen molar-refractivity contribution in [1.29, 1.82) is 0 Å². The maximum absolute atomic E-state index is 13.7. The van der Waals surface area contributed by atoms with Gasteiger partial charge in [0.25, 0.3) is 0 Å². The Labute approximate surface area is 128 Å². The predicted molar refractivity (Wildman–Crippen MR) is 84.2 cm³/mol. The van der Waals surface area contributed by atoms with Crippen LogP contribution in [-0.4, -0.2) is 11.1 Å². The van der Waals surface area contributed by atoms with E-state index in [4.69, 9.17) is 0 Å². The van der Waals surface area contributed by atoms with Crippen LogP contribution in [0.15, 0.2) is 41.1 Å². The van der Waals surface area contributed by atoms with Gasteiger partial charge in [-0.2, -0.15) is 0 Å². The van der Waals surface area contributed by atoms with Crippen LogP contribution in [-0.2, 0) is 13.1 Å². The maximum atomic E-state index is 13.7. The molecule has 2 nitrogen and oxygen atoms in total. The van der Waals surface area contributed by atoms with E-state index in [0.717, 1.165) is 17.6 Å².